The summed E-state index contributed by atoms with van der Waals surface area (Å²) in [4.78, 5) is 44.4. The van der Waals surface area contributed by atoms with Crippen molar-refractivity contribution < 1.29 is 19.1 Å². The third-order valence-corrected chi connectivity index (χ3v) is 6.51. The summed E-state index contributed by atoms with van der Waals surface area (Å²) in [6.07, 6.45) is 0.374. The van der Waals surface area contributed by atoms with Crippen LogP contribution in [0.2, 0.25) is 0 Å². The molecule has 5 rings (SSSR count). The van der Waals surface area contributed by atoms with Crippen LogP contribution in [0, 0.1) is 0 Å². The van der Waals surface area contributed by atoms with Gasteiger partial charge in [0.2, 0.25) is 11.8 Å². The number of amides is 3. The lowest BCUT2D eigenvalue weighted by Crippen LogP contribution is -2.56. The largest absolute Gasteiger partial charge is 0.383 e. The summed E-state index contributed by atoms with van der Waals surface area (Å²) in [6.45, 7) is 2.39. The quantitative estimate of drug-likeness (QED) is 0.503. The first-order valence-corrected chi connectivity index (χ1v) is 11.1. The standard InChI is InChI=1S/C25H26N4O4/c1-14(23(30)26-11-12-33-2)27-24(31)20-13-18-15-7-5-6-10-19(15)28-21(18)22-16-8-3-4-9-17(16)25(32)29(20)22/h3-10,14,20,22,28H,11-13H2,1-2H3,(H,26,30)(H,27,31)/t14-,20-,22-/m0/s1. The van der Waals surface area contributed by atoms with E-state index in [1.165, 1.54) is 0 Å². The molecule has 2 aromatic carbocycles. The van der Waals surface area contributed by atoms with Gasteiger partial charge in [-0.2, -0.15) is 0 Å². The molecule has 3 atom stereocenters. The molecule has 170 valence electrons. The zero-order valence-corrected chi connectivity index (χ0v) is 18.6. The van der Waals surface area contributed by atoms with Crippen molar-refractivity contribution in [2.75, 3.05) is 20.3 Å². The van der Waals surface area contributed by atoms with Crippen LogP contribution >= 0.6 is 0 Å². The summed E-state index contributed by atoms with van der Waals surface area (Å²) >= 11 is 0. The Labute approximate surface area is 191 Å². The average molecular weight is 447 g/mol. The minimum Gasteiger partial charge on any atom is -0.383 e. The Bertz CT molecular complexity index is 1250. The van der Waals surface area contributed by atoms with E-state index in [0.29, 0.717) is 25.1 Å². The van der Waals surface area contributed by atoms with E-state index in [-0.39, 0.29) is 23.8 Å². The van der Waals surface area contributed by atoms with Crippen LogP contribution in [-0.2, 0) is 20.7 Å². The van der Waals surface area contributed by atoms with Crippen molar-refractivity contribution >= 4 is 28.6 Å². The topological polar surface area (TPSA) is 104 Å². The SMILES string of the molecule is COCCNC(=O)[C@H](C)NC(=O)[C@@H]1Cc2c([nH]c3ccccc23)[C@@H]2c3ccccc3C(=O)N21. The Morgan fingerprint density at radius 3 is 2.76 bits per heavy atom. The molecule has 3 aromatic rings. The third kappa shape index (κ3) is 3.47. The van der Waals surface area contributed by atoms with Gasteiger partial charge in [-0.3, -0.25) is 14.4 Å². The lowest BCUT2D eigenvalue weighted by molar-refractivity contribution is -0.131. The maximum atomic E-state index is 13.4. The molecule has 3 N–H and O–H groups in total. The fourth-order valence-electron chi connectivity index (χ4n) is 4.94. The van der Waals surface area contributed by atoms with Crippen molar-refractivity contribution in [3.05, 3.63) is 70.9 Å². The van der Waals surface area contributed by atoms with E-state index in [1.807, 2.05) is 42.5 Å². The number of fused-ring (bicyclic) bond motifs is 7. The van der Waals surface area contributed by atoms with E-state index in [9.17, 15) is 14.4 Å². The van der Waals surface area contributed by atoms with Gasteiger partial charge in [0.15, 0.2) is 0 Å². The minimum atomic E-state index is -0.739. The predicted molar refractivity (Wildman–Crippen MR) is 123 cm³/mol. The number of H-pyrrole nitrogens is 1. The number of ether oxygens (including phenoxy) is 1. The highest BCUT2D eigenvalue weighted by atomic mass is 16.5. The maximum absolute atomic E-state index is 13.4. The number of aromatic nitrogens is 1. The summed E-state index contributed by atoms with van der Waals surface area (Å²) < 4.78 is 4.95. The van der Waals surface area contributed by atoms with E-state index in [0.717, 1.165) is 27.7 Å². The highest BCUT2D eigenvalue weighted by Gasteiger charge is 2.49. The number of hydrogen-bond donors (Lipinski definition) is 3. The zero-order chi connectivity index (χ0) is 23.1. The van der Waals surface area contributed by atoms with Crippen molar-refractivity contribution in [2.24, 2.45) is 0 Å². The Morgan fingerprint density at radius 1 is 1.18 bits per heavy atom. The molecule has 33 heavy (non-hydrogen) atoms. The third-order valence-electron chi connectivity index (χ3n) is 6.51. The molecule has 0 aliphatic carbocycles. The predicted octanol–water partition coefficient (Wildman–Crippen LogP) is 1.91. The van der Waals surface area contributed by atoms with Crippen molar-refractivity contribution in [2.45, 2.75) is 31.5 Å². The number of para-hydroxylation sites is 1. The maximum Gasteiger partial charge on any atom is 0.255 e. The number of hydrogen-bond acceptors (Lipinski definition) is 4. The van der Waals surface area contributed by atoms with Gasteiger partial charge in [-0.15, -0.1) is 0 Å². The monoisotopic (exact) mass is 446 g/mol. The Kier molecular flexibility index (Phi) is 5.38. The van der Waals surface area contributed by atoms with Crippen LogP contribution in [0.4, 0.5) is 0 Å². The van der Waals surface area contributed by atoms with E-state index in [1.54, 1.807) is 25.0 Å². The van der Waals surface area contributed by atoms with Crippen LogP contribution < -0.4 is 10.6 Å². The Morgan fingerprint density at radius 2 is 1.94 bits per heavy atom. The summed E-state index contributed by atoms with van der Waals surface area (Å²) in [5.74, 6) is -0.805. The minimum absolute atomic E-state index is 0.169. The van der Waals surface area contributed by atoms with Gasteiger partial charge in [-0.05, 0) is 30.2 Å². The summed E-state index contributed by atoms with van der Waals surface area (Å²) in [5.41, 5.74) is 4.46. The van der Waals surface area contributed by atoms with Gasteiger partial charge in [-0.25, -0.2) is 0 Å². The molecule has 3 amide bonds. The van der Waals surface area contributed by atoms with Crippen LogP contribution in [0.15, 0.2) is 48.5 Å². The van der Waals surface area contributed by atoms with Crippen LogP contribution in [0.5, 0.6) is 0 Å². The molecule has 0 saturated carbocycles. The highest BCUT2D eigenvalue weighted by Crippen LogP contribution is 2.46. The normalized spacial score (nSPS) is 19.6. The molecule has 2 aliphatic rings. The van der Waals surface area contributed by atoms with Gasteiger partial charge in [0.25, 0.3) is 5.91 Å². The second-order valence-electron chi connectivity index (χ2n) is 8.50. The molecule has 2 aliphatic heterocycles. The number of aromatic amines is 1. The van der Waals surface area contributed by atoms with Gasteiger partial charge in [0.05, 0.1) is 12.6 Å². The number of carbonyl (C=O) groups is 3. The molecule has 8 nitrogen and oxygen atoms in total. The van der Waals surface area contributed by atoms with Crippen LogP contribution in [-0.4, -0.2) is 60.0 Å². The molecule has 3 heterocycles. The summed E-state index contributed by atoms with van der Waals surface area (Å²) in [6, 6.07) is 13.6. The fraction of sp³-hybridized carbons (Fsp3) is 0.320. The number of benzene rings is 2. The molecule has 0 fully saturated rings. The first-order chi connectivity index (χ1) is 16.0. The lowest BCUT2D eigenvalue weighted by atomic mass is 9.90. The molecule has 0 radical (unpaired) electrons. The van der Waals surface area contributed by atoms with Crippen LogP contribution in [0.3, 0.4) is 0 Å². The van der Waals surface area contributed by atoms with E-state index < -0.39 is 12.1 Å². The first-order valence-electron chi connectivity index (χ1n) is 11.1. The fourth-order valence-corrected chi connectivity index (χ4v) is 4.94. The molecular formula is C25H26N4O4. The zero-order valence-electron chi connectivity index (χ0n) is 18.6. The Hall–Kier alpha value is -3.65. The average Bonchev–Trinajstić information content (AvgIpc) is 3.34. The second kappa shape index (κ2) is 8.37. The molecule has 0 saturated heterocycles. The molecule has 8 heteroatoms. The van der Waals surface area contributed by atoms with Gasteiger partial charge in [-0.1, -0.05) is 36.4 Å². The molecular weight excluding hydrogens is 420 g/mol. The van der Waals surface area contributed by atoms with Crippen LogP contribution in [0.1, 0.15) is 40.1 Å². The van der Waals surface area contributed by atoms with Crippen LogP contribution in [0.25, 0.3) is 10.9 Å². The van der Waals surface area contributed by atoms with Gasteiger partial charge < -0.3 is 25.3 Å². The Balaban J connectivity index is 1.50. The number of methoxy groups -OCH3 is 1. The number of carbonyl (C=O) groups excluding carboxylic acids is 3. The van der Waals surface area contributed by atoms with Gasteiger partial charge in [0, 0.05) is 42.2 Å². The number of rotatable bonds is 6. The lowest BCUT2D eigenvalue weighted by Gasteiger charge is -2.37. The first kappa shape index (κ1) is 21.2. The van der Waals surface area contributed by atoms with Crippen molar-refractivity contribution in [3.8, 4) is 0 Å². The van der Waals surface area contributed by atoms with Crippen molar-refractivity contribution in [1.82, 2.24) is 20.5 Å². The van der Waals surface area contributed by atoms with E-state index >= 15 is 0 Å². The summed E-state index contributed by atoms with van der Waals surface area (Å²) in [5, 5.41) is 6.59. The summed E-state index contributed by atoms with van der Waals surface area (Å²) in [7, 11) is 1.56. The molecule has 0 bridgehead atoms. The van der Waals surface area contributed by atoms with E-state index in [4.69, 9.17) is 4.74 Å². The number of nitrogens with one attached hydrogen (secondary N) is 3. The van der Waals surface area contributed by atoms with E-state index in [2.05, 4.69) is 15.6 Å². The molecule has 0 spiro atoms. The smallest absolute Gasteiger partial charge is 0.255 e. The second-order valence-corrected chi connectivity index (χ2v) is 8.50. The molecule has 0 unspecified atom stereocenters. The van der Waals surface area contributed by atoms with Crippen molar-refractivity contribution in [1.29, 1.82) is 0 Å². The van der Waals surface area contributed by atoms with Gasteiger partial charge in [0.1, 0.15) is 12.1 Å². The highest BCUT2D eigenvalue weighted by molar-refractivity contribution is 6.04. The number of nitrogens with zero attached hydrogens (tertiary/aromatic N) is 1. The van der Waals surface area contributed by atoms with Crippen molar-refractivity contribution in [3.63, 3.8) is 0 Å². The van der Waals surface area contributed by atoms with Gasteiger partial charge >= 0.3 is 0 Å². The molecule has 1 aromatic heterocycles.